The smallest absolute Gasteiger partial charge is 0.255 e. The Morgan fingerprint density at radius 1 is 0.963 bits per heavy atom. The van der Waals surface area contributed by atoms with Crippen LogP contribution in [0, 0.1) is 0 Å². The zero-order valence-electron chi connectivity index (χ0n) is 14.2. The predicted molar refractivity (Wildman–Crippen MR) is 107 cm³/mol. The van der Waals surface area contributed by atoms with E-state index in [0.29, 0.717) is 16.3 Å². The van der Waals surface area contributed by atoms with Crippen LogP contribution in [0.4, 0.5) is 5.69 Å². The highest BCUT2D eigenvalue weighted by molar-refractivity contribution is 6.33. The van der Waals surface area contributed by atoms with Gasteiger partial charge >= 0.3 is 0 Å². The fourth-order valence-electron chi connectivity index (χ4n) is 2.73. The molecule has 0 atom stereocenters. The van der Waals surface area contributed by atoms with Crippen molar-refractivity contribution in [3.05, 3.63) is 90.0 Å². The molecular formula is C21H15ClN4O. The average molecular weight is 375 g/mol. The number of carbonyl (C=O) groups is 1. The molecule has 0 fully saturated rings. The number of amides is 1. The highest BCUT2D eigenvalue weighted by Gasteiger charge is 2.09. The van der Waals surface area contributed by atoms with Gasteiger partial charge in [-0.05, 0) is 42.0 Å². The molecule has 0 aliphatic rings. The molecule has 2 heterocycles. The van der Waals surface area contributed by atoms with Crippen LogP contribution < -0.4 is 5.32 Å². The van der Waals surface area contributed by atoms with Gasteiger partial charge in [-0.15, -0.1) is 0 Å². The van der Waals surface area contributed by atoms with E-state index in [4.69, 9.17) is 11.6 Å². The van der Waals surface area contributed by atoms with Crippen LogP contribution in [-0.4, -0.2) is 20.9 Å². The van der Waals surface area contributed by atoms with E-state index in [1.54, 1.807) is 43.0 Å². The van der Waals surface area contributed by atoms with Gasteiger partial charge in [-0.25, -0.2) is 4.98 Å². The highest BCUT2D eigenvalue weighted by Crippen LogP contribution is 2.25. The lowest BCUT2D eigenvalue weighted by Crippen LogP contribution is -2.11. The van der Waals surface area contributed by atoms with Crippen molar-refractivity contribution < 1.29 is 4.79 Å². The zero-order chi connectivity index (χ0) is 18.6. The van der Waals surface area contributed by atoms with Crippen molar-refractivity contribution in [2.75, 3.05) is 5.32 Å². The van der Waals surface area contributed by atoms with Gasteiger partial charge in [-0.1, -0.05) is 35.9 Å². The third-order valence-electron chi connectivity index (χ3n) is 4.13. The number of anilines is 1. The van der Waals surface area contributed by atoms with Crippen LogP contribution in [0.25, 0.3) is 22.5 Å². The fraction of sp³-hybridized carbons (Fsp3) is 0. The quantitative estimate of drug-likeness (QED) is 0.525. The van der Waals surface area contributed by atoms with Crippen LogP contribution in [0.5, 0.6) is 0 Å². The lowest BCUT2D eigenvalue weighted by molar-refractivity contribution is 0.102. The fourth-order valence-corrected chi connectivity index (χ4v) is 2.96. The molecule has 0 radical (unpaired) electrons. The molecule has 0 unspecified atom stereocenters. The third kappa shape index (κ3) is 3.73. The minimum Gasteiger partial charge on any atom is -0.345 e. The van der Waals surface area contributed by atoms with Gasteiger partial charge in [0, 0.05) is 23.0 Å². The van der Waals surface area contributed by atoms with Crippen LogP contribution in [0.2, 0.25) is 5.02 Å². The van der Waals surface area contributed by atoms with Crippen LogP contribution >= 0.6 is 11.6 Å². The molecular weight excluding hydrogens is 360 g/mol. The van der Waals surface area contributed by atoms with Crippen molar-refractivity contribution in [1.29, 1.82) is 0 Å². The van der Waals surface area contributed by atoms with E-state index in [-0.39, 0.29) is 5.91 Å². The van der Waals surface area contributed by atoms with Gasteiger partial charge in [0.05, 0.1) is 28.9 Å². The molecule has 0 aliphatic heterocycles. The van der Waals surface area contributed by atoms with Crippen molar-refractivity contribution >= 4 is 23.2 Å². The predicted octanol–water partition coefficient (Wildman–Crippen LogP) is 5.04. The topological polar surface area (TPSA) is 70.7 Å². The first kappa shape index (κ1) is 17.0. The van der Waals surface area contributed by atoms with Crippen molar-refractivity contribution in [2.24, 2.45) is 0 Å². The molecule has 27 heavy (non-hydrogen) atoms. The number of pyridine rings is 1. The summed E-state index contributed by atoms with van der Waals surface area (Å²) in [5, 5.41) is 3.47. The van der Waals surface area contributed by atoms with E-state index in [9.17, 15) is 4.79 Å². The maximum absolute atomic E-state index is 12.5. The minimum absolute atomic E-state index is 0.178. The van der Waals surface area contributed by atoms with Gasteiger partial charge in [0.25, 0.3) is 5.91 Å². The van der Waals surface area contributed by atoms with Crippen LogP contribution in [0.1, 0.15) is 10.4 Å². The monoisotopic (exact) mass is 374 g/mol. The van der Waals surface area contributed by atoms with Crippen molar-refractivity contribution in [3.8, 4) is 22.5 Å². The number of nitrogens with zero attached hydrogens (tertiary/aromatic N) is 2. The first-order chi connectivity index (χ1) is 13.2. The second kappa shape index (κ2) is 7.43. The number of halogens is 1. The summed E-state index contributed by atoms with van der Waals surface area (Å²) in [6.07, 6.45) is 5.07. The summed E-state index contributed by atoms with van der Waals surface area (Å²) in [5.74, 6) is -0.178. The highest BCUT2D eigenvalue weighted by atomic mass is 35.5. The number of imidazole rings is 1. The molecule has 6 heteroatoms. The molecule has 4 rings (SSSR count). The number of benzene rings is 2. The molecule has 1 amide bonds. The molecule has 2 N–H and O–H groups in total. The molecule has 132 valence electrons. The van der Waals surface area contributed by atoms with E-state index >= 15 is 0 Å². The lowest BCUT2D eigenvalue weighted by Gasteiger charge is -2.08. The van der Waals surface area contributed by atoms with Gasteiger partial charge in [0.1, 0.15) is 0 Å². The summed E-state index contributed by atoms with van der Waals surface area (Å²) < 4.78 is 0. The molecule has 0 bridgehead atoms. The second-order valence-electron chi connectivity index (χ2n) is 5.91. The Morgan fingerprint density at radius 2 is 1.70 bits per heavy atom. The Hall–Kier alpha value is -3.44. The SMILES string of the molecule is O=C(Nc1ccc(-c2cnc[nH]2)cc1)c1ccc(-c2ncccc2Cl)cc1. The van der Waals surface area contributed by atoms with Crippen LogP contribution in [0.3, 0.4) is 0 Å². The average Bonchev–Trinajstić information content (AvgIpc) is 3.24. The molecule has 0 saturated heterocycles. The van der Waals surface area contributed by atoms with Gasteiger partial charge in [0.15, 0.2) is 0 Å². The summed E-state index contributed by atoms with van der Waals surface area (Å²) in [5.41, 5.74) is 4.77. The van der Waals surface area contributed by atoms with Crippen molar-refractivity contribution in [2.45, 2.75) is 0 Å². The van der Waals surface area contributed by atoms with Crippen molar-refractivity contribution in [1.82, 2.24) is 15.0 Å². The molecule has 0 spiro atoms. The van der Waals surface area contributed by atoms with Gasteiger partial charge in [0.2, 0.25) is 0 Å². The number of aromatic amines is 1. The molecule has 2 aromatic carbocycles. The standard InChI is InChI=1S/C21H15ClN4O/c22-18-2-1-11-24-20(18)15-3-5-16(6-4-15)21(27)26-17-9-7-14(8-10-17)19-12-23-13-25-19/h1-13H,(H,23,25)(H,26,27). The molecule has 4 aromatic rings. The number of carbonyl (C=O) groups excluding carboxylic acids is 1. The largest absolute Gasteiger partial charge is 0.345 e. The Labute approximate surface area is 161 Å². The van der Waals surface area contributed by atoms with E-state index < -0.39 is 0 Å². The van der Waals surface area contributed by atoms with E-state index in [0.717, 1.165) is 22.5 Å². The normalized spacial score (nSPS) is 10.6. The number of hydrogen-bond donors (Lipinski definition) is 2. The third-order valence-corrected chi connectivity index (χ3v) is 4.44. The van der Waals surface area contributed by atoms with Gasteiger partial charge in [-0.3, -0.25) is 9.78 Å². The van der Waals surface area contributed by atoms with Crippen LogP contribution in [0.15, 0.2) is 79.4 Å². The molecule has 0 saturated carbocycles. The van der Waals surface area contributed by atoms with E-state index in [1.807, 2.05) is 36.4 Å². The summed E-state index contributed by atoms with van der Waals surface area (Å²) >= 11 is 6.17. The Bertz CT molecular complexity index is 1060. The number of rotatable bonds is 4. The maximum atomic E-state index is 12.5. The number of hydrogen-bond acceptors (Lipinski definition) is 3. The molecule has 0 aliphatic carbocycles. The summed E-state index contributed by atoms with van der Waals surface area (Å²) in [6, 6.07) is 18.3. The Morgan fingerprint density at radius 3 is 2.37 bits per heavy atom. The Balaban J connectivity index is 1.48. The summed E-state index contributed by atoms with van der Waals surface area (Å²) in [4.78, 5) is 23.8. The second-order valence-corrected chi connectivity index (χ2v) is 6.32. The van der Waals surface area contributed by atoms with Crippen molar-refractivity contribution in [3.63, 3.8) is 0 Å². The summed E-state index contributed by atoms with van der Waals surface area (Å²) in [7, 11) is 0. The number of H-pyrrole nitrogens is 1. The van der Waals surface area contributed by atoms with Gasteiger partial charge < -0.3 is 10.3 Å². The van der Waals surface area contributed by atoms with Gasteiger partial charge in [-0.2, -0.15) is 0 Å². The molecule has 2 aromatic heterocycles. The lowest BCUT2D eigenvalue weighted by atomic mass is 10.1. The zero-order valence-corrected chi connectivity index (χ0v) is 14.9. The maximum Gasteiger partial charge on any atom is 0.255 e. The first-order valence-corrected chi connectivity index (χ1v) is 8.69. The Kier molecular flexibility index (Phi) is 4.68. The minimum atomic E-state index is -0.178. The first-order valence-electron chi connectivity index (χ1n) is 8.32. The number of aromatic nitrogens is 3. The number of nitrogens with one attached hydrogen (secondary N) is 2. The van der Waals surface area contributed by atoms with E-state index in [2.05, 4.69) is 20.3 Å². The van der Waals surface area contributed by atoms with E-state index in [1.165, 1.54) is 0 Å². The molecule has 5 nitrogen and oxygen atoms in total. The summed E-state index contributed by atoms with van der Waals surface area (Å²) in [6.45, 7) is 0. The van der Waals surface area contributed by atoms with Crippen LogP contribution in [-0.2, 0) is 0 Å².